The Morgan fingerprint density at radius 2 is 2.25 bits per heavy atom. The van der Waals surface area contributed by atoms with Crippen LogP contribution in [0.3, 0.4) is 0 Å². The molecule has 0 amide bonds. The molecule has 0 aromatic heterocycles. The zero-order valence-corrected chi connectivity index (χ0v) is 11.1. The van der Waals surface area contributed by atoms with Crippen molar-refractivity contribution >= 4 is 0 Å². The fourth-order valence-electron chi connectivity index (χ4n) is 2.16. The summed E-state index contributed by atoms with van der Waals surface area (Å²) in [6, 6.07) is 0.410. The van der Waals surface area contributed by atoms with Gasteiger partial charge < -0.3 is 14.8 Å². The molecule has 1 saturated heterocycles. The number of morpholine rings is 1. The van der Waals surface area contributed by atoms with E-state index in [1.54, 1.807) is 7.11 Å². The van der Waals surface area contributed by atoms with Crippen LogP contribution in [-0.4, -0.2) is 63.0 Å². The van der Waals surface area contributed by atoms with Crippen molar-refractivity contribution in [2.75, 3.05) is 46.6 Å². The Balaban J connectivity index is 2.47. The van der Waals surface area contributed by atoms with Crippen molar-refractivity contribution in [3.05, 3.63) is 0 Å². The Hall–Kier alpha value is -0.160. The number of ether oxygens (including phenoxy) is 2. The average molecular weight is 230 g/mol. The third kappa shape index (κ3) is 4.01. The molecule has 1 atom stereocenters. The van der Waals surface area contributed by atoms with Gasteiger partial charge in [-0.3, -0.25) is 4.90 Å². The van der Waals surface area contributed by atoms with E-state index < -0.39 is 0 Å². The minimum absolute atomic E-state index is 0.139. The number of likely N-dealkylation sites (N-methyl/N-ethyl adjacent to an activating group) is 1. The summed E-state index contributed by atoms with van der Waals surface area (Å²) in [6.45, 7) is 12.1. The van der Waals surface area contributed by atoms with Gasteiger partial charge in [-0.25, -0.2) is 0 Å². The van der Waals surface area contributed by atoms with Gasteiger partial charge in [-0.1, -0.05) is 6.92 Å². The first kappa shape index (κ1) is 13.9. The summed E-state index contributed by atoms with van der Waals surface area (Å²) < 4.78 is 10.8. The molecule has 1 heterocycles. The van der Waals surface area contributed by atoms with Gasteiger partial charge in [-0.05, 0) is 20.4 Å². The van der Waals surface area contributed by atoms with E-state index in [4.69, 9.17) is 9.47 Å². The van der Waals surface area contributed by atoms with E-state index in [2.05, 4.69) is 31.0 Å². The first-order chi connectivity index (χ1) is 7.60. The lowest BCUT2D eigenvalue weighted by Crippen LogP contribution is -2.57. The number of nitrogens with zero attached hydrogens (tertiary/aromatic N) is 1. The molecule has 1 N–H and O–H groups in total. The van der Waals surface area contributed by atoms with Crippen LogP contribution in [-0.2, 0) is 9.47 Å². The average Bonchev–Trinajstić information content (AvgIpc) is 2.22. The van der Waals surface area contributed by atoms with Gasteiger partial charge >= 0.3 is 0 Å². The van der Waals surface area contributed by atoms with E-state index >= 15 is 0 Å². The van der Waals surface area contributed by atoms with Crippen LogP contribution in [0, 0.1) is 0 Å². The summed E-state index contributed by atoms with van der Waals surface area (Å²) >= 11 is 0. The lowest BCUT2D eigenvalue weighted by molar-refractivity contribution is -0.0572. The van der Waals surface area contributed by atoms with Crippen molar-refractivity contribution in [2.24, 2.45) is 0 Å². The molecule has 1 aliphatic heterocycles. The Morgan fingerprint density at radius 1 is 1.50 bits per heavy atom. The zero-order valence-electron chi connectivity index (χ0n) is 11.1. The lowest BCUT2D eigenvalue weighted by atomic mass is 10.0. The highest BCUT2D eigenvalue weighted by molar-refractivity contribution is 4.87. The van der Waals surface area contributed by atoms with Crippen molar-refractivity contribution in [3.63, 3.8) is 0 Å². The van der Waals surface area contributed by atoms with Crippen molar-refractivity contribution in [2.45, 2.75) is 32.4 Å². The molecule has 0 aliphatic carbocycles. The SMILES string of the molecule is CCNC(COC)CN1CCOCC1(C)C. The largest absolute Gasteiger partial charge is 0.383 e. The predicted molar refractivity (Wildman–Crippen MR) is 65.8 cm³/mol. The summed E-state index contributed by atoms with van der Waals surface area (Å²) in [5, 5.41) is 3.46. The van der Waals surface area contributed by atoms with Crippen molar-refractivity contribution < 1.29 is 9.47 Å². The maximum Gasteiger partial charge on any atom is 0.0645 e. The van der Waals surface area contributed by atoms with Gasteiger partial charge in [-0.2, -0.15) is 0 Å². The van der Waals surface area contributed by atoms with E-state index in [-0.39, 0.29) is 5.54 Å². The highest BCUT2D eigenvalue weighted by atomic mass is 16.5. The molecule has 0 bridgehead atoms. The molecule has 1 rings (SSSR count). The molecule has 1 aliphatic rings. The molecule has 1 unspecified atom stereocenters. The fraction of sp³-hybridized carbons (Fsp3) is 1.00. The van der Waals surface area contributed by atoms with Crippen LogP contribution in [0.25, 0.3) is 0 Å². The third-order valence-corrected chi connectivity index (χ3v) is 3.12. The van der Waals surface area contributed by atoms with Crippen LogP contribution in [0.2, 0.25) is 0 Å². The smallest absolute Gasteiger partial charge is 0.0645 e. The van der Waals surface area contributed by atoms with Gasteiger partial charge in [0.2, 0.25) is 0 Å². The van der Waals surface area contributed by atoms with Crippen LogP contribution in [0.1, 0.15) is 20.8 Å². The van der Waals surface area contributed by atoms with Gasteiger partial charge in [0.15, 0.2) is 0 Å². The number of hydrogen-bond acceptors (Lipinski definition) is 4. The van der Waals surface area contributed by atoms with Gasteiger partial charge in [0.25, 0.3) is 0 Å². The van der Waals surface area contributed by atoms with Crippen molar-refractivity contribution in [1.82, 2.24) is 10.2 Å². The molecule has 0 aromatic rings. The molecule has 16 heavy (non-hydrogen) atoms. The molecule has 0 radical (unpaired) electrons. The topological polar surface area (TPSA) is 33.7 Å². The summed E-state index contributed by atoms with van der Waals surface area (Å²) in [5.74, 6) is 0. The molecule has 1 fully saturated rings. The normalized spacial score (nSPS) is 23.2. The number of hydrogen-bond donors (Lipinski definition) is 1. The van der Waals surface area contributed by atoms with Gasteiger partial charge in [-0.15, -0.1) is 0 Å². The number of methoxy groups -OCH3 is 1. The first-order valence-corrected chi connectivity index (χ1v) is 6.15. The standard InChI is InChI=1S/C12H26N2O2/c1-5-13-11(9-15-4)8-14-6-7-16-10-12(14,2)3/h11,13H,5-10H2,1-4H3. The van der Waals surface area contributed by atoms with Gasteiger partial charge in [0.1, 0.15) is 0 Å². The van der Waals surface area contributed by atoms with Crippen molar-refractivity contribution in [3.8, 4) is 0 Å². The van der Waals surface area contributed by atoms with Gasteiger partial charge in [0.05, 0.1) is 19.8 Å². The van der Waals surface area contributed by atoms with E-state index in [9.17, 15) is 0 Å². The number of rotatable bonds is 6. The minimum Gasteiger partial charge on any atom is -0.383 e. The molecular formula is C12H26N2O2. The predicted octanol–water partition coefficient (Wildman–Crippen LogP) is 0.722. The maximum absolute atomic E-state index is 5.52. The Bertz CT molecular complexity index is 191. The van der Waals surface area contributed by atoms with E-state index in [0.29, 0.717) is 6.04 Å². The molecule has 96 valence electrons. The quantitative estimate of drug-likeness (QED) is 0.729. The maximum atomic E-state index is 5.52. The zero-order chi connectivity index (χ0) is 12.0. The summed E-state index contributed by atoms with van der Waals surface area (Å²) in [7, 11) is 1.76. The van der Waals surface area contributed by atoms with Gasteiger partial charge in [0, 0.05) is 31.8 Å². The van der Waals surface area contributed by atoms with E-state index in [1.165, 1.54) is 0 Å². The summed E-state index contributed by atoms with van der Waals surface area (Å²) in [6.07, 6.45) is 0. The number of nitrogens with one attached hydrogen (secondary N) is 1. The molecule has 0 aromatic carbocycles. The lowest BCUT2D eigenvalue weighted by Gasteiger charge is -2.43. The molecule has 0 saturated carbocycles. The fourth-order valence-corrected chi connectivity index (χ4v) is 2.16. The van der Waals surface area contributed by atoms with E-state index in [0.717, 1.165) is 39.5 Å². The highest BCUT2D eigenvalue weighted by Crippen LogP contribution is 2.18. The minimum atomic E-state index is 0.139. The van der Waals surface area contributed by atoms with E-state index in [1.807, 2.05) is 0 Å². The van der Waals surface area contributed by atoms with Crippen LogP contribution >= 0.6 is 0 Å². The highest BCUT2D eigenvalue weighted by Gasteiger charge is 2.31. The van der Waals surface area contributed by atoms with Crippen LogP contribution in [0.15, 0.2) is 0 Å². The molecular weight excluding hydrogens is 204 g/mol. The van der Waals surface area contributed by atoms with Crippen LogP contribution in [0.5, 0.6) is 0 Å². The third-order valence-electron chi connectivity index (χ3n) is 3.12. The van der Waals surface area contributed by atoms with Crippen molar-refractivity contribution in [1.29, 1.82) is 0 Å². The van der Waals surface area contributed by atoms with Crippen LogP contribution in [0.4, 0.5) is 0 Å². The summed E-state index contributed by atoms with van der Waals surface area (Å²) in [4.78, 5) is 2.49. The molecule has 4 nitrogen and oxygen atoms in total. The summed E-state index contributed by atoms with van der Waals surface area (Å²) in [5.41, 5.74) is 0.139. The Kier molecular flexibility index (Phi) is 5.69. The van der Waals surface area contributed by atoms with Crippen LogP contribution < -0.4 is 5.32 Å². The first-order valence-electron chi connectivity index (χ1n) is 6.15. The second-order valence-corrected chi connectivity index (χ2v) is 5.02. The molecule has 4 heteroatoms. The second kappa shape index (κ2) is 6.55. The second-order valence-electron chi connectivity index (χ2n) is 5.02. The monoisotopic (exact) mass is 230 g/mol. The Labute approximate surface area is 99.3 Å². The Morgan fingerprint density at radius 3 is 2.81 bits per heavy atom. The molecule has 0 spiro atoms.